The van der Waals surface area contributed by atoms with E-state index < -0.39 is 0 Å². The van der Waals surface area contributed by atoms with Crippen LogP contribution in [-0.2, 0) is 9.59 Å². The van der Waals surface area contributed by atoms with E-state index in [-0.39, 0.29) is 23.7 Å². The fourth-order valence-electron chi connectivity index (χ4n) is 4.44. The Bertz CT molecular complexity index is 396. The standard InChI is InChI=1S/C16H22O2/c1-2-10-6-5-9-13-14(10)16(18)12-8-4-3-7-11(12)15(13)17/h4,8,10-14H,2-3,5-7,9H2,1H3. The van der Waals surface area contributed by atoms with Gasteiger partial charge in [0.2, 0.25) is 0 Å². The Kier molecular flexibility index (Phi) is 3.13. The van der Waals surface area contributed by atoms with Gasteiger partial charge in [0.15, 0.2) is 0 Å². The first-order chi connectivity index (χ1) is 8.74. The van der Waals surface area contributed by atoms with E-state index >= 15 is 0 Å². The summed E-state index contributed by atoms with van der Waals surface area (Å²) in [5.41, 5.74) is 0. The van der Waals surface area contributed by atoms with Crippen LogP contribution in [0.4, 0.5) is 0 Å². The summed E-state index contributed by atoms with van der Waals surface area (Å²) in [4.78, 5) is 25.3. The third kappa shape index (κ3) is 1.69. The number of rotatable bonds is 1. The van der Waals surface area contributed by atoms with E-state index in [0.29, 0.717) is 17.5 Å². The molecule has 0 aromatic heterocycles. The van der Waals surface area contributed by atoms with Gasteiger partial charge in [-0.1, -0.05) is 31.9 Å². The Morgan fingerprint density at radius 2 is 1.94 bits per heavy atom. The highest BCUT2D eigenvalue weighted by Crippen LogP contribution is 2.47. The molecule has 18 heavy (non-hydrogen) atoms. The number of Topliss-reactive ketones (excluding diaryl/α,β-unsaturated/α-hetero) is 2. The van der Waals surface area contributed by atoms with E-state index in [1.807, 2.05) is 6.08 Å². The molecule has 0 heterocycles. The number of hydrogen-bond acceptors (Lipinski definition) is 2. The summed E-state index contributed by atoms with van der Waals surface area (Å²) < 4.78 is 0. The second kappa shape index (κ2) is 4.64. The molecule has 0 aromatic carbocycles. The van der Waals surface area contributed by atoms with Gasteiger partial charge in [0.25, 0.3) is 0 Å². The number of carbonyl (C=O) groups excluding carboxylic acids is 2. The van der Waals surface area contributed by atoms with Gasteiger partial charge < -0.3 is 0 Å². The van der Waals surface area contributed by atoms with Crippen LogP contribution >= 0.6 is 0 Å². The van der Waals surface area contributed by atoms with Crippen LogP contribution in [0.2, 0.25) is 0 Å². The zero-order valence-electron chi connectivity index (χ0n) is 11.1. The quantitative estimate of drug-likeness (QED) is 0.666. The molecule has 3 aliphatic rings. The van der Waals surface area contributed by atoms with E-state index in [9.17, 15) is 9.59 Å². The molecular weight excluding hydrogens is 224 g/mol. The van der Waals surface area contributed by atoms with Crippen LogP contribution in [0, 0.1) is 29.6 Å². The molecule has 2 nitrogen and oxygen atoms in total. The molecule has 0 aliphatic heterocycles. The van der Waals surface area contributed by atoms with E-state index in [1.54, 1.807) is 0 Å². The Balaban J connectivity index is 1.95. The van der Waals surface area contributed by atoms with E-state index in [4.69, 9.17) is 0 Å². The van der Waals surface area contributed by atoms with Gasteiger partial charge in [0.05, 0.1) is 0 Å². The number of ketones is 2. The van der Waals surface area contributed by atoms with Gasteiger partial charge in [-0.2, -0.15) is 0 Å². The molecule has 3 aliphatic carbocycles. The molecule has 0 bridgehead atoms. The smallest absolute Gasteiger partial charge is 0.144 e. The zero-order chi connectivity index (χ0) is 12.7. The van der Waals surface area contributed by atoms with Gasteiger partial charge in [0, 0.05) is 23.7 Å². The highest BCUT2D eigenvalue weighted by molar-refractivity contribution is 6.00. The minimum atomic E-state index is -0.0837. The summed E-state index contributed by atoms with van der Waals surface area (Å²) in [7, 11) is 0. The molecular formula is C16H22O2. The number of hydrogen-bond donors (Lipinski definition) is 0. The molecule has 0 amide bonds. The Morgan fingerprint density at radius 1 is 1.11 bits per heavy atom. The van der Waals surface area contributed by atoms with Crippen LogP contribution in [0.1, 0.15) is 45.4 Å². The summed E-state index contributed by atoms with van der Waals surface area (Å²) in [6.07, 6.45) is 10.2. The molecule has 2 heteroatoms. The van der Waals surface area contributed by atoms with Crippen LogP contribution in [-0.4, -0.2) is 11.6 Å². The van der Waals surface area contributed by atoms with Gasteiger partial charge in [-0.25, -0.2) is 0 Å². The largest absolute Gasteiger partial charge is 0.299 e. The summed E-state index contributed by atoms with van der Waals surface area (Å²) >= 11 is 0. The average molecular weight is 246 g/mol. The molecule has 0 aromatic rings. The molecule has 5 unspecified atom stereocenters. The fourth-order valence-corrected chi connectivity index (χ4v) is 4.44. The molecule has 2 saturated carbocycles. The SMILES string of the molecule is CCC1CCCC2C(=O)C3CCC=CC3C(=O)C12. The van der Waals surface area contributed by atoms with Gasteiger partial charge in [0.1, 0.15) is 11.6 Å². The van der Waals surface area contributed by atoms with E-state index in [0.717, 1.165) is 38.5 Å². The minimum absolute atomic E-state index is 0.0133. The lowest BCUT2D eigenvalue weighted by molar-refractivity contribution is -0.150. The van der Waals surface area contributed by atoms with Gasteiger partial charge >= 0.3 is 0 Å². The van der Waals surface area contributed by atoms with Crippen LogP contribution in [0.25, 0.3) is 0 Å². The van der Waals surface area contributed by atoms with E-state index in [2.05, 4.69) is 13.0 Å². The fraction of sp³-hybridized carbons (Fsp3) is 0.750. The first kappa shape index (κ1) is 12.1. The maximum atomic E-state index is 12.7. The maximum absolute atomic E-state index is 12.7. The van der Waals surface area contributed by atoms with Crippen LogP contribution < -0.4 is 0 Å². The maximum Gasteiger partial charge on any atom is 0.144 e. The molecule has 0 saturated heterocycles. The molecule has 2 fully saturated rings. The zero-order valence-corrected chi connectivity index (χ0v) is 11.1. The Labute approximate surface area is 109 Å². The van der Waals surface area contributed by atoms with Crippen molar-refractivity contribution in [3.05, 3.63) is 12.2 Å². The summed E-state index contributed by atoms with van der Waals surface area (Å²) in [5, 5.41) is 0. The molecule has 0 spiro atoms. The highest BCUT2D eigenvalue weighted by atomic mass is 16.1. The first-order valence-corrected chi connectivity index (χ1v) is 7.48. The molecule has 3 rings (SSSR count). The number of fused-ring (bicyclic) bond motifs is 2. The average Bonchev–Trinajstić information content (AvgIpc) is 2.44. The Morgan fingerprint density at radius 3 is 2.72 bits per heavy atom. The van der Waals surface area contributed by atoms with Crippen molar-refractivity contribution in [3.63, 3.8) is 0 Å². The van der Waals surface area contributed by atoms with Crippen LogP contribution in [0.3, 0.4) is 0 Å². The van der Waals surface area contributed by atoms with Gasteiger partial charge in [-0.15, -0.1) is 0 Å². The second-order valence-corrected chi connectivity index (χ2v) is 6.17. The minimum Gasteiger partial charge on any atom is -0.299 e. The summed E-state index contributed by atoms with van der Waals surface area (Å²) in [6, 6.07) is 0. The Hall–Kier alpha value is -0.920. The van der Waals surface area contributed by atoms with Crippen molar-refractivity contribution < 1.29 is 9.59 Å². The predicted molar refractivity (Wildman–Crippen MR) is 70.0 cm³/mol. The van der Waals surface area contributed by atoms with Gasteiger partial charge in [-0.05, 0) is 31.6 Å². The second-order valence-electron chi connectivity index (χ2n) is 6.17. The van der Waals surface area contributed by atoms with Crippen molar-refractivity contribution in [2.24, 2.45) is 29.6 Å². The normalized spacial score (nSPS) is 43.5. The summed E-state index contributed by atoms with van der Waals surface area (Å²) in [6.45, 7) is 2.16. The lowest BCUT2D eigenvalue weighted by atomic mass is 9.56. The number of carbonyl (C=O) groups is 2. The lowest BCUT2D eigenvalue weighted by Gasteiger charge is -2.45. The van der Waals surface area contributed by atoms with Crippen LogP contribution in [0.15, 0.2) is 12.2 Å². The third-order valence-electron chi connectivity index (χ3n) is 5.36. The monoisotopic (exact) mass is 246 g/mol. The molecule has 0 N–H and O–H groups in total. The van der Waals surface area contributed by atoms with Crippen molar-refractivity contribution in [3.8, 4) is 0 Å². The van der Waals surface area contributed by atoms with Gasteiger partial charge in [-0.3, -0.25) is 9.59 Å². The summed E-state index contributed by atoms with van der Waals surface area (Å²) in [5.74, 6) is 1.28. The van der Waals surface area contributed by atoms with E-state index in [1.165, 1.54) is 0 Å². The van der Waals surface area contributed by atoms with Crippen molar-refractivity contribution in [1.82, 2.24) is 0 Å². The van der Waals surface area contributed by atoms with Crippen molar-refractivity contribution in [2.75, 3.05) is 0 Å². The molecule has 0 radical (unpaired) electrons. The van der Waals surface area contributed by atoms with Crippen LogP contribution in [0.5, 0.6) is 0 Å². The lowest BCUT2D eigenvalue weighted by Crippen LogP contribution is -2.51. The van der Waals surface area contributed by atoms with Crippen molar-refractivity contribution in [1.29, 1.82) is 0 Å². The molecule has 5 atom stereocenters. The highest BCUT2D eigenvalue weighted by Gasteiger charge is 2.51. The first-order valence-electron chi connectivity index (χ1n) is 7.48. The van der Waals surface area contributed by atoms with Crippen molar-refractivity contribution in [2.45, 2.75) is 45.4 Å². The number of allylic oxidation sites excluding steroid dienone is 2. The predicted octanol–water partition coefficient (Wildman–Crippen LogP) is 3.16. The topological polar surface area (TPSA) is 34.1 Å². The molecule has 98 valence electrons. The van der Waals surface area contributed by atoms with Crippen molar-refractivity contribution >= 4 is 11.6 Å². The third-order valence-corrected chi connectivity index (χ3v) is 5.36.